The zero-order valence-electron chi connectivity index (χ0n) is 17.2. The van der Waals surface area contributed by atoms with Gasteiger partial charge in [-0.2, -0.15) is 0 Å². The lowest BCUT2D eigenvalue weighted by Crippen LogP contribution is -2.54. The fourth-order valence-corrected chi connectivity index (χ4v) is 4.45. The van der Waals surface area contributed by atoms with E-state index in [4.69, 9.17) is 5.73 Å². The van der Waals surface area contributed by atoms with Crippen LogP contribution in [0.5, 0.6) is 0 Å². The maximum absolute atomic E-state index is 12.6. The minimum Gasteiger partial charge on any atom is -0.396 e. The highest BCUT2D eigenvalue weighted by molar-refractivity contribution is 5.99. The number of carbonyl (C=O) groups is 1. The summed E-state index contributed by atoms with van der Waals surface area (Å²) in [6.45, 7) is 5.31. The van der Waals surface area contributed by atoms with E-state index in [9.17, 15) is 9.90 Å². The van der Waals surface area contributed by atoms with Crippen LogP contribution in [0.1, 0.15) is 61.5 Å². The first-order valence-electron chi connectivity index (χ1n) is 10.6. The second-order valence-corrected chi connectivity index (χ2v) is 8.37. The van der Waals surface area contributed by atoms with Crippen molar-refractivity contribution in [2.45, 2.75) is 70.6 Å². The van der Waals surface area contributed by atoms with E-state index in [1.54, 1.807) is 6.92 Å². The van der Waals surface area contributed by atoms with Gasteiger partial charge >= 0.3 is 0 Å². The highest BCUT2D eigenvalue weighted by atomic mass is 16.3. The zero-order valence-corrected chi connectivity index (χ0v) is 17.2. The quantitative estimate of drug-likeness (QED) is 0.550. The maximum atomic E-state index is 12.6. The maximum Gasteiger partial charge on any atom is 0.256 e. The average Bonchev–Trinajstić information content (AvgIpc) is 2.68. The van der Waals surface area contributed by atoms with E-state index in [2.05, 4.69) is 20.5 Å². The van der Waals surface area contributed by atoms with Crippen LogP contribution < -0.4 is 21.3 Å². The summed E-state index contributed by atoms with van der Waals surface area (Å²) in [6.07, 6.45) is 6.92. The third kappa shape index (κ3) is 5.21. The first-order chi connectivity index (χ1) is 13.5. The molecule has 2 heterocycles. The molecule has 0 radical (unpaired) electrons. The Morgan fingerprint density at radius 2 is 2.07 bits per heavy atom. The Kier molecular flexibility index (Phi) is 7.26. The number of pyridine rings is 1. The fraction of sp³-hybridized carbons (Fsp3) is 0.714. The van der Waals surface area contributed by atoms with Gasteiger partial charge in [0.2, 0.25) is 0 Å². The number of rotatable bonds is 6. The highest BCUT2D eigenvalue weighted by Crippen LogP contribution is 2.27. The number of carbonyl (C=O) groups excluding carboxylic acids is 1. The molecule has 1 aliphatic carbocycles. The first kappa shape index (κ1) is 21.0. The fourth-order valence-electron chi connectivity index (χ4n) is 4.45. The number of aromatic nitrogens is 1. The molecule has 156 valence electrons. The summed E-state index contributed by atoms with van der Waals surface area (Å²) >= 11 is 0. The zero-order chi connectivity index (χ0) is 20.1. The van der Waals surface area contributed by atoms with Crippen LogP contribution in [-0.2, 0) is 0 Å². The van der Waals surface area contributed by atoms with Crippen molar-refractivity contribution in [1.82, 2.24) is 15.6 Å². The molecule has 28 heavy (non-hydrogen) atoms. The molecule has 7 heteroatoms. The molecule has 1 aromatic rings. The number of aryl methyl sites for hydroxylation is 1. The average molecular weight is 390 g/mol. The van der Waals surface area contributed by atoms with Crippen molar-refractivity contribution in [3.05, 3.63) is 23.4 Å². The number of piperidine rings is 1. The first-order valence-corrected chi connectivity index (χ1v) is 10.6. The topological polar surface area (TPSA) is 104 Å². The van der Waals surface area contributed by atoms with E-state index in [-0.39, 0.29) is 18.4 Å². The third-order valence-corrected chi connectivity index (χ3v) is 5.94. The van der Waals surface area contributed by atoms with Gasteiger partial charge in [0, 0.05) is 43.4 Å². The number of amides is 1. The number of hydrogen-bond donors (Lipinski definition) is 4. The van der Waals surface area contributed by atoms with Crippen molar-refractivity contribution in [1.29, 1.82) is 0 Å². The Labute approximate surface area is 168 Å². The van der Waals surface area contributed by atoms with E-state index in [1.165, 1.54) is 32.1 Å². The van der Waals surface area contributed by atoms with Gasteiger partial charge in [0.25, 0.3) is 5.91 Å². The summed E-state index contributed by atoms with van der Waals surface area (Å²) in [5.74, 6) is 0.607. The predicted octanol–water partition coefficient (Wildman–Crippen LogP) is 1.53. The van der Waals surface area contributed by atoms with Gasteiger partial charge in [-0.1, -0.05) is 19.3 Å². The Balaban J connectivity index is 1.72. The molecule has 1 saturated heterocycles. The number of anilines is 1. The van der Waals surface area contributed by atoms with Gasteiger partial charge in [-0.3, -0.25) is 4.79 Å². The summed E-state index contributed by atoms with van der Waals surface area (Å²) in [5.41, 5.74) is 7.14. The van der Waals surface area contributed by atoms with Gasteiger partial charge in [0.1, 0.15) is 5.82 Å². The van der Waals surface area contributed by atoms with Gasteiger partial charge in [0.15, 0.2) is 0 Å². The monoisotopic (exact) mass is 389 g/mol. The van der Waals surface area contributed by atoms with E-state index in [0.29, 0.717) is 30.0 Å². The highest BCUT2D eigenvalue weighted by Gasteiger charge is 2.32. The second-order valence-electron chi connectivity index (χ2n) is 8.37. The predicted molar refractivity (Wildman–Crippen MR) is 111 cm³/mol. The summed E-state index contributed by atoms with van der Waals surface area (Å²) in [6, 6.07) is 4.55. The molecule has 7 nitrogen and oxygen atoms in total. The molecule has 1 saturated carbocycles. The molecule has 3 unspecified atom stereocenters. The molecule has 0 spiro atoms. The summed E-state index contributed by atoms with van der Waals surface area (Å²) < 4.78 is 0. The largest absolute Gasteiger partial charge is 0.396 e. The van der Waals surface area contributed by atoms with Crippen molar-refractivity contribution in [3.8, 4) is 0 Å². The molecule has 2 fully saturated rings. The van der Waals surface area contributed by atoms with E-state index < -0.39 is 6.17 Å². The number of nitrogens with two attached hydrogens (primary N) is 1. The van der Waals surface area contributed by atoms with E-state index in [1.807, 2.05) is 19.1 Å². The van der Waals surface area contributed by atoms with Crippen LogP contribution in [0, 0.1) is 12.8 Å². The summed E-state index contributed by atoms with van der Waals surface area (Å²) in [7, 11) is 0. The SMILES string of the molecule is Cc1ccc(C(=O)NC(C)N)c(N2CCC(NC3CCCCC3)C(CO)C2)n1. The Morgan fingerprint density at radius 3 is 2.75 bits per heavy atom. The molecular formula is C21H35N5O2. The van der Waals surface area contributed by atoms with Crippen molar-refractivity contribution >= 4 is 11.7 Å². The number of nitrogens with zero attached hydrogens (tertiary/aromatic N) is 2. The van der Waals surface area contributed by atoms with E-state index in [0.717, 1.165) is 18.7 Å². The van der Waals surface area contributed by atoms with Crippen LogP contribution in [-0.4, -0.2) is 53.9 Å². The molecule has 5 N–H and O–H groups in total. The van der Waals surface area contributed by atoms with Gasteiger partial charge in [-0.05, 0) is 45.2 Å². The van der Waals surface area contributed by atoms with Crippen molar-refractivity contribution in [2.75, 3.05) is 24.6 Å². The van der Waals surface area contributed by atoms with Gasteiger partial charge in [-0.25, -0.2) is 4.98 Å². The van der Waals surface area contributed by atoms with Crippen LogP contribution in [0.3, 0.4) is 0 Å². The van der Waals surface area contributed by atoms with Gasteiger partial charge in [-0.15, -0.1) is 0 Å². The van der Waals surface area contributed by atoms with Crippen LogP contribution in [0.25, 0.3) is 0 Å². The van der Waals surface area contributed by atoms with Crippen molar-refractivity contribution in [2.24, 2.45) is 11.7 Å². The number of hydrogen-bond acceptors (Lipinski definition) is 6. The van der Waals surface area contributed by atoms with Crippen LogP contribution in [0.4, 0.5) is 5.82 Å². The lowest BCUT2D eigenvalue weighted by molar-refractivity contribution is 0.0941. The lowest BCUT2D eigenvalue weighted by Gasteiger charge is -2.41. The van der Waals surface area contributed by atoms with Gasteiger partial charge in [0.05, 0.1) is 11.7 Å². The molecule has 1 aromatic heterocycles. The van der Waals surface area contributed by atoms with Crippen LogP contribution in [0.15, 0.2) is 12.1 Å². The molecule has 0 aromatic carbocycles. The van der Waals surface area contributed by atoms with Crippen molar-refractivity contribution in [3.63, 3.8) is 0 Å². The Hall–Kier alpha value is -1.70. The summed E-state index contributed by atoms with van der Waals surface area (Å²) in [4.78, 5) is 19.4. The van der Waals surface area contributed by atoms with Crippen LogP contribution >= 0.6 is 0 Å². The molecule has 1 aliphatic heterocycles. The smallest absolute Gasteiger partial charge is 0.256 e. The lowest BCUT2D eigenvalue weighted by atomic mass is 9.89. The normalized spacial score (nSPS) is 24.8. The van der Waals surface area contributed by atoms with Crippen molar-refractivity contribution < 1.29 is 9.90 Å². The Morgan fingerprint density at radius 1 is 1.32 bits per heavy atom. The minimum atomic E-state index is -0.419. The number of aliphatic hydroxyl groups is 1. The second kappa shape index (κ2) is 9.67. The van der Waals surface area contributed by atoms with E-state index >= 15 is 0 Å². The minimum absolute atomic E-state index is 0.127. The molecule has 0 bridgehead atoms. The van der Waals surface area contributed by atoms with Gasteiger partial charge < -0.3 is 26.4 Å². The number of nitrogens with one attached hydrogen (secondary N) is 2. The Bertz CT molecular complexity index is 660. The molecule has 2 aliphatic rings. The molecule has 1 amide bonds. The summed E-state index contributed by atoms with van der Waals surface area (Å²) in [5, 5.41) is 16.6. The van der Waals surface area contributed by atoms with Crippen LogP contribution in [0.2, 0.25) is 0 Å². The number of aliphatic hydroxyl groups excluding tert-OH is 1. The molecular weight excluding hydrogens is 354 g/mol. The molecule has 3 atom stereocenters. The third-order valence-electron chi connectivity index (χ3n) is 5.94. The molecule has 3 rings (SSSR count). The standard InChI is InChI=1S/C21H35N5O2/c1-14-8-9-18(21(28)24-15(2)22)20(23-14)26-11-10-19(16(12-26)13-27)25-17-6-4-3-5-7-17/h8-9,15-17,19,25,27H,3-7,10-13,22H2,1-2H3,(H,24,28).